The summed E-state index contributed by atoms with van der Waals surface area (Å²) in [5.41, 5.74) is -0.00733. The highest BCUT2D eigenvalue weighted by Crippen LogP contribution is 2.27. The fourth-order valence-electron chi connectivity index (χ4n) is 2.82. The van der Waals surface area contributed by atoms with Crippen molar-refractivity contribution in [3.05, 3.63) is 33.9 Å². The maximum atomic E-state index is 11.1. The van der Waals surface area contributed by atoms with Gasteiger partial charge in [0.15, 0.2) is 0 Å². The van der Waals surface area contributed by atoms with Crippen molar-refractivity contribution in [1.82, 2.24) is 0 Å². The van der Waals surface area contributed by atoms with Crippen LogP contribution in [0.3, 0.4) is 0 Å². The van der Waals surface area contributed by atoms with Crippen LogP contribution in [0.2, 0.25) is 0 Å². The lowest BCUT2D eigenvalue weighted by Crippen LogP contribution is -2.18. The standard InChI is InChI=1S/C15H20N2O4/c1-10-3-2-4-11(6-5-10)16-12-7-8-14(17(20)21)13(9-12)15(18)19/h7-11,16H,2-6H2,1H3,(H,18,19). The minimum atomic E-state index is -1.28. The van der Waals surface area contributed by atoms with E-state index in [1.807, 2.05) is 0 Å². The number of nitro groups is 1. The van der Waals surface area contributed by atoms with Gasteiger partial charge in [-0.1, -0.05) is 19.8 Å². The Balaban J connectivity index is 2.15. The first-order valence-corrected chi connectivity index (χ1v) is 7.25. The van der Waals surface area contributed by atoms with E-state index in [1.165, 1.54) is 18.6 Å². The summed E-state index contributed by atoms with van der Waals surface area (Å²) >= 11 is 0. The summed E-state index contributed by atoms with van der Waals surface area (Å²) in [5, 5.41) is 23.2. The molecule has 2 atom stereocenters. The zero-order valence-corrected chi connectivity index (χ0v) is 12.0. The van der Waals surface area contributed by atoms with Gasteiger partial charge in [0.05, 0.1) is 4.92 Å². The van der Waals surface area contributed by atoms with Gasteiger partial charge < -0.3 is 10.4 Å². The molecule has 1 aromatic rings. The molecule has 0 amide bonds. The molecule has 6 nitrogen and oxygen atoms in total. The third-order valence-electron chi connectivity index (χ3n) is 4.05. The number of rotatable bonds is 4. The van der Waals surface area contributed by atoms with Crippen molar-refractivity contribution >= 4 is 17.3 Å². The lowest BCUT2D eigenvalue weighted by molar-refractivity contribution is -0.385. The molecule has 6 heteroatoms. The molecule has 0 saturated heterocycles. The molecule has 1 aliphatic rings. The molecule has 0 radical (unpaired) electrons. The summed E-state index contributed by atoms with van der Waals surface area (Å²) in [6, 6.07) is 4.50. The van der Waals surface area contributed by atoms with Crippen LogP contribution in [0, 0.1) is 16.0 Å². The molecule has 2 N–H and O–H groups in total. The number of nitrogens with one attached hydrogen (secondary N) is 1. The van der Waals surface area contributed by atoms with Crippen molar-refractivity contribution in [3.63, 3.8) is 0 Å². The van der Waals surface area contributed by atoms with Gasteiger partial charge in [-0.15, -0.1) is 0 Å². The van der Waals surface area contributed by atoms with Crippen molar-refractivity contribution in [2.24, 2.45) is 5.92 Å². The smallest absolute Gasteiger partial charge is 0.342 e. The molecule has 0 spiro atoms. The van der Waals surface area contributed by atoms with Crippen molar-refractivity contribution in [3.8, 4) is 0 Å². The largest absolute Gasteiger partial charge is 0.477 e. The molecule has 1 aliphatic carbocycles. The Bertz CT molecular complexity index is 544. The Kier molecular flexibility index (Phi) is 4.77. The third kappa shape index (κ3) is 3.93. The molecule has 21 heavy (non-hydrogen) atoms. The SMILES string of the molecule is CC1CCCC(Nc2ccc([N+](=O)[O-])c(C(=O)O)c2)CC1. The first kappa shape index (κ1) is 15.3. The van der Waals surface area contributed by atoms with Crippen molar-refractivity contribution < 1.29 is 14.8 Å². The number of hydrogen-bond donors (Lipinski definition) is 2. The molecule has 1 saturated carbocycles. The fourth-order valence-corrected chi connectivity index (χ4v) is 2.82. The van der Waals surface area contributed by atoms with E-state index in [9.17, 15) is 14.9 Å². The van der Waals surface area contributed by atoms with Gasteiger partial charge in [0.1, 0.15) is 5.56 Å². The summed E-state index contributed by atoms with van der Waals surface area (Å²) in [7, 11) is 0. The lowest BCUT2D eigenvalue weighted by atomic mass is 10.0. The van der Waals surface area contributed by atoms with Crippen molar-refractivity contribution in [2.45, 2.75) is 45.1 Å². The van der Waals surface area contributed by atoms with Gasteiger partial charge in [-0.3, -0.25) is 10.1 Å². The van der Waals surface area contributed by atoms with E-state index in [1.54, 1.807) is 6.07 Å². The van der Waals surface area contributed by atoms with Crippen LogP contribution < -0.4 is 5.32 Å². The number of carbonyl (C=O) groups is 1. The van der Waals surface area contributed by atoms with E-state index in [0.717, 1.165) is 31.6 Å². The van der Waals surface area contributed by atoms with Crippen LogP contribution in [0.1, 0.15) is 49.4 Å². The predicted molar refractivity (Wildman–Crippen MR) is 79.7 cm³/mol. The molecular formula is C15H20N2O4. The van der Waals surface area contributed by atoms with Gasteiger partial charge in [0, 0.05) is 17.8 Å². The molecule has 1 fully saturated rings. The van der Waals surface area contributed by atoms with Crippen molar-refractivity contribution in [2.75, 3.05) is 5.32 Å². The Labute approximate surface area is 123 Å². The maximum absolute atomic E-state index is 11.1. The molecule has 2 unspecified atom stereocenters. The van der Waals surface area contributed by atoms with E-state index >= 15 is 0 Å². The quantitative estimate of drug-likeness (QED) is 0.501. The predicted octanol–water partition coefficient (Wildman–Crippen LogP) is 3.67. The number of nitro benzene ring substituents is 1. The van der Waals surface area contributed by atoms with Gasteiger partial charge in [0.2, 0.25) is 0 Å². The monoisotopic (exact) mass is 292 g/mol. The Morgan fingerprint density at radius 1 is 1.33 bits per heavy atom. The molecule has 114 valence electrons. The molecular weight excluding hydrogens is 272 g/mol. The summed E-state index contributed by atoms with van der Waals surface area (Å²) in [4.78, 5) is 21.3. The number of hydrogen-bond acceptors (Lipinski definition) is 4. The second-order valence-corrected chi connectivity index (χ2v) is 5.75. The zero-order chi connectivity index (χ0) is 15.4. The molecule has 0 heterocycles. The minimum absolute atomic E-state index is 0.271. The molecule has 2 rings (SSSR count). The Morgan fingerprint density at radius 2 is 2.10 bits per heavy atom. The van der Waals surface area contributed by atoms with Gasteiger partial charge in [0.25, 0.3) is 5.69 Å². The second-order valence-electron chi connectivity index (χ2n) is 5.75. The van der Waals surface area contributed by atoms with E-state index in [2.05, 4.69) is 12.2 Å². The number of aromatic carboxylic acids is 1. The van der Waals surface area contributed by atoms with Crippen LogP contribution in [0.5, 0.6) is 0 Å². The van der Waals surface area contributed by atoms with Crippen LogP contribution in [-0.4, -0.2) is 22.0 Å². The highest BCUT2D eigenvalue weighted by molar-refractivity contribution is 5.93. The topological polar surface area (TPSA) is 92.5 Å². The van der Waals surface area contributed by atoms with Crippen LogP contribution in [0.25, 0.3) is 0 Å². The Morgan fingerprint density at radius 3 is 2.76 bits per heavy atom. The van der Waals surface area contributed by atoms with Gasteiger partial charge in [-0.2, -0.15) is 0 Å². The molecule has 0 aromatic heterocycles. The van der Waals surface area contributed by atoms with E-state index in [4.69, 9.17) is 5.11 Å². The minimum Gasteiger partial charge on any atom is -0.477 e. The van der Waals surface area contributed by atoms with E-state index in [-0.39, 0.29) is 11.3 Å². The average molecular weight is 292 g/mol. The van der Waals surface area contributed by atoms with Crippen LogP contribution in [0.4, 0.5) is 11.4 Å². The van der Waals surface area contributed by atoms with Crippen LogP contribution in [-0.2, 0) is 0 Å². The summed E-state index contributed by atoms with van der Waals surface area (Å²) in [6.45, 7) is 2.25. The second kappa shape index (κ2) is 6.56. The number of carboxylic acids is 1. The molecule has 1 aromatic carbocycles. The number of nitrogens with zero attached hydrogens (tertiary/aromatic N) is 1. The maximum Gasteiger partial charge on any atom is 0.342 e. The van der Waals surface area contributed by atoms with Gasteiger partial charge >= 0.3 is 5.97 Å². The first-order valence-electron chi connectivity index (χ1n) is 7.25. The summed E-state index contributed by atoms with van der Waals surface area (Å²) < 4.78 is 0. The zero-order valence-electron chi connectivity index (χ0n) is 12.0. The number of carboxylic acid groups (broad SMARTS) is 1. The summed E-state index contributed by atoms with van der Waals surface area (Å²) in [5.74, 6) is -0.553. The number of anilines is 1. The molecule has 0 bridgehead atoms. The highest BCUT2D eigenvalue weighted by atomic mass is 16.6. The van der Waals surface area contributed by atoms with Gasteiger partial charge in [-0.05, 0) is 37.3 Å². The van der Waals surface area contributed by atoms with Crippen molar-refractivity contribution in [1.29, 1.82) is 0 Å². The van der Waals surface area contributed by atoms with E-state index in [0.29, 0.717) is 11.7 Å². The molecule has 0 aliphatic heterocycles. The van der Waals surface area contributed by atoms with Crippen LogP contribution >= 0.6 is 0 Å². The normalized spacial score (nSPS) is 22.3. The Hall–Kier alpha value is -2.11. The van der Waals surface area contributed by atoms with E-state index < -0.39 is 10.9 Å². The lowest BCUT2D eigenvalue weighted by Gasteiger charge is -2.18. The average Bonchev–Trinajstić information content (AvgIpc) is 2.63. The fraction of sp³-hybridized carbons (Fsp3) is 0.533. The summed E-state index contributed by atoms with van der Waals surface area (Å²) in [6.07, 6.45) is 5.61. The van der Waals surface area contributed by atoms with Crippen LogP contribution in [0.15, 0.2) is 18.2 Å². The number of benzene rings is 1. The van der Waals surface area contributed by atoms with Gasteiger partial charge in [-0.25, -0.2) is 4.79 Å². The third-order valence-corrected chi connectivity index (χ3v) is 4.05. The first-order chi connectivity index (χ1) is 9.97. The highest BCUT2D eigenvalue weighted by Gasteiger charge is 2.21.